The molecule has 1 fully saturated rings. The molecule has 0 bridgehead atoms. The first-order chi connectivity index (χ1) is 9.29. The van der Waals surface area contributed by atoms with E-state index >= 15 is 0 Å². The molecule has 0 spiro atoms. The van der Waals surface area contributed by atoms with Crippen molar-refractivity contribution in [2.75, 3.05) is 7.05 Å². The Morgan fingerprint density at radius 3 is 2.35 bits per heavy atom. The molecule has 0 radical (unpaired) electrons. The Labute approximate surface area is 116 Å². The number of likely N-dealkylation sites (N-methyl/N-ethyl adjacent to an activating group) is 1. The van der Waals surface area contributed by atoms with Gasteiger partial charge >= 0.3 is 0 Å². The van der Waals surface area contributed by atoms with Crippen LogP contribution in [0.2, 0.25) is 0 Å². The van der Waals surface area contributed by atoms with Crippen LogP contribution in [0.5, 0.6) is 0 Å². The SMILES string of the molecule is CN1C(=O)CC([NH2+]Cc2ccc(S(N)(=O)=O)cc2)C1=O. The zero-order valence-corrected chi connectivity index (χ0v) is 11.8. The van der Waals surface area contributed by atoms with Crippen molar-refractivity contribution >= 4 is 21.8 Å². The van der Waals surface area contributed by atoms with Gasteiger partial charge in [-0.25, -0.2) is 13.6 Å². The maximum Gasteiger partial charge on any atom is 0.287 e. The predicted octanol–water partition coefficient (Wildman–Crippen LogP) is -1.85. The normalized spacial score (nSPS) is 19.7. The summed E-state index contributed by atoms with van der Waals surface area (Å²) in [6.45, 7) is 0.489. The Kier molecular flexibility index (Phi) is 3.89. The first-order valence-corrected chi connectivity index (χ1v) is 7.59. The zero-order valence-electron chi connectivity index (χ0n) is 10.9. The number of hydrogen-bond donors (Lipinski definition) is 2. The minimum absolute atomic E-state index is 0.0492. The minimum atomic E-state index is -3.69. The highest BCUT2D eigenvalue weighted by Crippen LogP contribution is 2.09. The third-order valence-electron chi connectivity index (χ3n) is 3.31. The molecule has 1 aliphatic heterocycles. The van der Waals surface area contributed by atoms with Gasteiger partial charge in [0.2, 0.25) is 15.9 Å². The molecule has 1 aromatic rings. The largest absolute Gasteiger partial charge is 0.332 e. The number of nitrogens with two attached hydrogens (primary N) is 2. The lowest BCUT2D eigenvalue weighted by Gasteiger charge is -2.08. The number of carbonyl (C=O) groups excluding carboxylic acids is 2. The second-order valence-corrected chi connectivity index (χ2v) is 6.29. The van der Waals surface area contributed by atoms with Crippen molar-refractivity contribution < 1.29 is 23.3 Å². The van der Waals surface area contributed by atoms with E-state index in [9.17, 15) is 18.0 Å². The molecule has 2 amide bonds. The highest BCUT2D eigenvalue weighted by atomic mass is 32.2. The minimum Gasteiger partial charge on any atom is -0.332 e. The molecule has 1 heterocycles. The van der Waals surface area contributed by atoms with Crippen LogP contribution in [0, 0.1) is 0 Å². The molecule has 20 heavy (non-hydrogen) atoms. The average Bonchev–Trinajstić information content (AvgIpc) is 2.63. The monoisotopic (exact) mass is 298 g/mol. The van der Waals surface area contributed by atoms with Crippen molar-refractivity contribution in [3.8, 4) is 0 Å². The third kappa shape index (κ3) is 3.03. The number of nitrogens with zero attached hydrogens (tertiary/aromatic N) is 1. The number of hydrogen-bond acceptors (Lipinski definition) is 4. The van der Waals surface area contributed by atoms with Gasteiger partial charge in [0, 0.05) is 12.6 Å². The molecular formula is C12H16N3O4S+. The first-order valence-electron chi connectivity index (χ1n) is 6.04. The molecule has 7 nitrogen and oxygen atoms in total. The first kappa shape index (κ1) is 14.6. The maximum atomic E-state index is 11.7. The van der Waals surface area contributed by atoms with Crippen LogP contribution in [0.1, 0.15) is 12.0 Å². The number of benzene rings is 1. The molecular weight excluding hydrogens is 282 g/mol. The molecule has 4 N–H and O–H groups in total. The van der Waals surface area contributed by atoms with Crippen LogP contribution in [-0.2, 0) is 26.2 Å². The Balaban J connectivity index is 1.99. The Hall–Kier alpha value is -1.77. The van der Waals surface area contributed by atoms with E-state index in [1.54, 1.807) is 17.4 Å². The van der Waals surface area contributed by atoms with Crippen LogP contribution >= 0.6 is 0 Å². The number of amides is 2. The molecule has 108 valence electrons. The van der Waals surface area contributed by atoms with Gasteiger partial charge in [-0.05, 0) is 12.1 Å². The number of carbonyl (C=O) groups is 2. The van der Waals surface area contributed by atoms with Gasteiger partial charge in [-0.2, -0.15) is 0 Å². The van der Waals surface area contributed by atoms with Gasteiger partial charge < -0.3 is 5.32 Å². The molecule has 8 heteroatoms. The lowest BCUT2D eigenvalue weighted by Crippen LogP contribution is -2.90. The molecule has 1 saturated heterocycles. The summed E-state index contributed by atoms with van der Waals surface area (Å²) in [6, 6.07) is 5.73. The molecule has 0 aromatic heterocycles. The molecule has 2 rings (SSSR count). The quantitative estimate of drug-likeness (QED) is 0.635. The second-order valence-electron chi connectivity index (χ2n) is 4.73. The lowest BCUT2D eigenvalue weighted by atomic mass is 10.2. The number of rotatable bonds is 4. The maximum absolute atomic E-state index is 11.7. The van der Waals surface area contributed by atoms with Gasteiger partial charge in [0.25, 0.3) is 5.91 Å². The second kappa shape index (κ2) is 5.31. The van der Waals surface area contributed by atoms with Crippen molar-refractivity contribution in [1.82, 2.24) is 4.90 Å². The van der Waals surface area contributed by atoms with Crippen LogP contribution < -0.4 is 10.5 Å². The summed E-state index contributed by atoms with van der Waals surface area (Å²) in [4.78, 5) is 24.2. The highest BCUT2D eigenvalue weighted by molar-refractivity contribution is 7.89. The van der Waals surface area contributed by atoms with E-state index in [1.165, 1.54) is 19.2 Å². The lowest BCUT2D eigenvalue weighted by molar-refractivity contribution is -0.690. The van der Waals surface area contributed by atoms with E-state index in [0.29, 0.717) is 6.54 Å². The number of imide groups is 1. The van der Waals surface area contributed by atoms with Crippen LogP contribution in [0.4, 0.5) is 0 Å². The molecule has 1 aliphatic rings. The van der Waals surface area contributed by atoms with E-state index < -0.39 is 16.1 Å². The van der Waals surface area contributed by atoms with Crippen molar-refractivity contribution in [3.63, 3.8) is 0 Å². The van der Waals surface area contributed by atoms with Crippen molar-refractivity contribution in [2.45, 2.75) is 23.9 Å². The number of likely N-dealkylation sites (tertiary alicyclic amines) is 1. The van der Waals surface area contributed by atoms with Crippen LogP contribution in [0.3, 0.4) is 0 Å². The van der Waals surface area contributed by atoms with Gasteiger partial charge in [0.1, 0.15) is 6.54 Å². The number of quaternary nitrogens is 1. The summed E-state index contributed by atoms with van der Waals surface area (Å²) in [7, 11) is -2.22. The van der Waals surface area contributed by atoms with Crippen molar-refractivity contribution in [1.29, 1.82) is 0 Å². The highest BCUT2D eigenvalue weighted by Gasteiger charge is 2.38. The number of primary sulfonamides is 1. The van der Waals surface area contributed by atoms with E-state index in [-0.39, 0.29) is 23.1 Å². The summed E-state index contributed by atoms with van der Waals surface area (Å²) in [6.07, 6.45) is 0.199. The fraction of sp³-hybridized carbons (Fsp3) is 0.333. The summed E-state index contributed by atoms with van der Waals surface area (Å²) < 4.78 is 22.2. The van der Waals surface area contributed by atoms with Crippen LogP contribution in [-0.4, -0.2) is 38.2 Å². The summed E-state index contributed by atoms with van der Waals surface area (Å²) in [5, 5.41) is 6.78. The molecule has 0 saturated carbocycles. The van der Waals surface area contributed by atoms with Crippen molar-refractivity contribution in [3.05, 3.63) is 29.8 Å². The van der Waals surface area contributed by atoms with Gasteiger partial charge in [0.15, 0.2) is 6.04 Å². The topological polar surface area (TPSA) is 114 Å². The summed E-state index contributed by atoms with van der Waals surface area (Å²) in [5.74, 6) is -0.378. The molecule has 0 aliphatic carbocycles. The van der Waals surface area contributed by atoms with Crippen molar-refractivity contribution in [2.24, 2.45) is 5.14 Å². The molecule has 1 aromatic carbocycles. The Morgan fingerprint density at radius 2 is 1.90 bits per heavy atom. The van der Waals surface area contributed by atoms with Gasteiger partial charge in [-0.15, -0.1) is 0 Å². The van der Waals surface area contributed by atoms with Crippen LogP contribution in [0.15, 0.2) is 29.2 Å². The Bertz CT molecular complexity index is 639. The number of sulfonamides is 1. The van der Waals surface area contributed by atoms with E-state index in [2.05, 4.69) is 0 Å². The zero-order chi connectivity index (χ0) is 14.9. The van der Waals surface area contributed by atoms with E-state index in [0.717, 1.165) is 10.5 Å². The fourth-order valence-corrected chi connectivity index (χ4v) is 2.58. The predicted molar refractivity (Wildman–Crippen MR) is 69.6 cm³/mol. The standard InChI is InChI=1S/C12H15N3O4S/c1-15-11(16)6-10(12(15)17)14-7-8-2-4-9(5-3-8)20(13,18)19/h2-5,10,14H,6-7H2,1H3,(H2,13,18,19)/p+1. The fourth-order valence-electron chi connectivity index (χ4n) is 2.06. The Morgan fingerprint density at radius 1 is 1.30 bits per heavy atom. The van der Waals surface area contributed by atoms with Crippen LogP contribution in [0.25, 0.3) is 0 Å². The van der Waals surface area contributed by atoms with E-state index in [4.69, 9.17) is 5.14 Å². The third-order valence-corrected chi connectivity index (χ3v) is 4.24. The molecule has 1 atom stereocenters. The van der Waals surface area contributed by atoms with E-state index in [1.807, 2.05) is 0 Å². The van der Waals surface area contributed by atoms with Gasteiger partial charge in [-0.3, -0.25) is 14.5 Å². The average molecular weight is 298 g/mol. The summed E-state index contributed by atoms with van der Waals surface area (Å²) in [5.41, 5.74) is 0.854. The summed E-state index contributed by atoms with van der Waals surface area (Å²) >= 11 is 0. The van der Waals surface area contributed by atoms with Gasteiger partial charge in [0.05, 0.1) is 11.3 Å². The molecule has 1 unspecified atom stereocenters. The van der Waals surface area contributed by atoms with Gasteiger partial charge in [-0.1, -0.05) is 12.1 Å². The smallest absolute Gasteiger partial charge is 0.287 e.